The van der Waals surface area contributed by atoms with Gasteiger partial charge in [-0.25, -0.2) is 0 Å². The van der Waals surface area contributed by atoms with E-state index in [9.17, 15) is 8.42 Å². The van der Waals surface area contributed by atoms with Gasteiger partial charge in [0.15, 0.2) is 0 Å². The van der Waals surface area contributed by atoms with Crippen LogP contribution in [0.3, 0.4) is 0 Å². The van der Waals surface area contributed by atoms with Crippen LogP contribution in [0.1, 0.15) is 6.92 Å². The molecule has 0 aliphatic carbocycles. The summed E-state index contributed by atoms with van der Waals surface area (Å²) in [7, 11) is -3.43. The molecule has 0 aliphatic rings. The molecule has 0 saturated carbocycles. The fraction of sp³-hybridized carbons (Fsp3) is 1.00. The van der Waals surface area contributed by atoms with Gasteiger partial charge in [-0.3, -0.25) is 4.18 Å². The van der Waals surface area contributed by atoms with E-state index in [0.717, 1.165) is 6.26 Å². The van der Waals surface area contributed by atoms with Crippen LogP contribution in [0.15, 0.2) is 0 Å². The molecular weight excluding hydrogens is 178 g/mol. The van der Waals surface area contributed by atoms with Gasteiger partial charge in [0.25, 0.3) is 10.1 Å². The van der Waals surface area contributed by atoms with Gasteiger partial charge in [0, 0.05) is 0 Å². The summed E-state index contributed by atoms with van der Waals surface area (Å²) >= 11 is 5.32. The SMILES string of the molecule is CC(OS(C)(=O)=O)C(N)Cl. The number of hydrogen-bond acceptors (Lipinski definition) is 4. The van der Waals surface area contributed by atoms with Crippen molar-refractivity contribution in [3.63, 3.8) is 0 Å². The van der Waals surface area contributed by atoms with Crippen molar-refractivity contribution in [2.45, 2.75) is 18.5 Å². The molecule has 62 valence electrons. The summed E-state index contributed by atoms with van der Waals surface area (Å²) in [5.74, 6) is 0. The molecule has 2 N–H and O–H groups in total. The van der Waals surface area contributed by atoms with Gasteiger partial charge in [-0.15, -0.1) is 11.6 Å². The van der Waals surface area contributed by atoms with Gasteiger partial charge in [0.05, 0.1) is 6.26 Å². The monoisotopic (exact) mass is 187 g/mol. The lowest BCUT2D eigenvalue weighted by atomic mass is 10.4. The lowest BCUT2D eigenvalue weighted by Gasteiger charge is -2.11. The first-order valence-corrected chi connectivity index (χ1v) is 4.86. The Kier molecular flexibility index (Phi) is 3.58. The molecule has 2 unspecified atom stereocenters. The smallest absolute Gasteiger partial charge is 0.264 e. The zero-order valence-electron chi connectivity index (χ0n) is 5.74. The van der Waals surface area contributed by atoms with Crippen LogP contribution in [0.5, 0.6) is 0 Å². The van der Waals surface area contributed by atoms with Gasteiger partial charge in [0.2, 0.25) is 0 Å². The minimum atomic E-state index is -3.43. The lowest BCUT2D eigenvalue weighted by molar-refractivity contribution is 0.227. The normalized spacial score (nSPS) is 18.4. The maximum atomic E-state index is 10.4. The summed E-state index contributed by atoms with van der Waals surface area (Å²) in [5, 5.41) is 0. The van der Waals surface area contributed by atoms with Crippen LogP contribution in [0.4, 0.5) is 0 Å². The van der Waals surface area contributed by atoms with Crippen molar-refractivity contribution >= 4 is 21.7 Å². The quantitative estimate of drug-likeness (QED) is 0.380. The van der Waals surface area contributed by atoms with E-state index >= 15 is 0 Å². The maximum absolute atomic E-state index is 10.4. The Morgan fingerprint density at radius 1 is 1.60 bits per heavy atom. The number of alkyl halides is 1. The average molecular weight is 188 g/mol. The highest BCUT2D eigenvalue weighted by Gasteiger charge is 2.15. The summed E-state index contributed by atoms with van der Waals surface area (Å²) in [4.78, 5) is 0. The van der Waals surface area contributed by atoms with E-state index in [1.165, 1.54) is 6.92 Å². The molecule has 0 bridgehead atoms. The Labute approximate surface area is 65.4 Å². The van der Waals surface area contributed by atoms with E-state index in [1.807, 2.05) is 0 Å². The minimum absolute atomic E-state index is 0.684. The summed E-state index contributed by atoms with van der Waals surface area (Å²) in [6, 6.07) is 0. The first-order chi connectivity index (χ1) is 4.33. The van der Waals surface area contributed by atoms with Crippen molar-refractivity contribution in [3.8, 4) is 0 Å². The molecule has 0 amide bonds. The molecule has 0 spiro atoms. The van der Waals surface area contributed by atoms with Gasteiger partial charge >= 0.3 is 0 Å². The second-order valence-electron chi connectivity index (χ2n) is 1.95. The van der Waals surface area contributed by atoms with E-state index < -0.39 is 21.7 Å². The third kappa shape index (κ3) is 4.99. The molecule has 4 nitrogen and oxygen atoms in total. The van der Waals surface area contributed by atoms with E-state index in [1.54, 1.807) is 0 Å². The average Bonchev–Trinajstić information content (AvgIpc) is 1.60. The van der Waals surface area contributed by atoms with Gasteiger partial charge in [-0.05, 0) is 6.92 Å². The molecule has 0 aliphatic heterocycles. The van der Waals surface area contributed by atoms with Crippen molar-refractivity contribution in [2.75, 3.05) is 6.26 Å². The Balaban J connectivity index is 3.93. The molecule has 10 heavy (non-hydrogen) atoms. The molecule has 0 aromatic carbocycles. The molecule has 0 radical (unpaired) electrons. The van der Waals surface area contributed by atoms with E-state index in [-0.39, 0.29) is 0 Å². The Morgan fingerprint density at radius 2 is 2.00 bits per heavy atom. The van der Waals surface area contributed by atoms with Crippen LogP contribution in [0, 0.1) is 0 Å². The zero-order valence-corrected chi connectivity index (χ0v) is 7.32. The predicted octanol–water partition coefficient (Wildman–Crippen LogP) is -0.125. The van der Waals surface area contributed by atoms with E-state index in [2.05, 4.69) is 4.18 Å². The Morgan fingerprint density at radius 3 is 2.10 bits per heavy atom. The van der Waals surface area contributed by atoms with Crippen molar-refractivity contribution in [1.29, 1.82) is 0 Å². The third-order valence-electron chi connectivity index (χ3n) is 0.775. The van der Waals surface area contributed by atoms with Crippen molar-refractivity contribution < 1.29 is 12.6 Å². The molecule has 0 rings (SSSR count). The van der Waals surface area contributed by atoms with E-state index in [0.29, 0.717) is 0 Å². The molecule has 2 atom stereocenters. The second kappa shape index (κ2) is 3.52. The molecule has 6 heteroatoms. The maximum Gasteiger partial charge on any atom is 0.264 e. The number of rotatable bonds is 3. The van der Waals surface area contributed by atoms with Crippen LogP contribution >= 0.6 is 11.6 Å². The number of nitrogens with two attached hydrogens (primary N) is 1. The standard InChI is InChI=1S/C4H10ClNO3S/c1-3(4(5)6)9-10(2,7)8/h3-4H,6H2,1-2H3. The van der Waals surface area contributed by atoms with Gasteiger partial charge in [-0.1, -0.05) is 0 Å². The molecular formula is C4H10ClNO3S. The first-order valence-electron chi connectivity index (χ1n) is 2.61. The highest BCUT2D eigenvalue weighted by atomic mass is 35.5. The van der Waals surface area contributed by atoms with Crippen LogP contribution in [-0.2, 0) is 14.3 Å². The summed E-state index contributed by atoms with van der Waals surface area (Å²) in [6.07, 6.45) is 0.264. The highest BCUT2D eigenvalue weighted by Crippen LogP contribution is 2.03. The van der Waals surface area contributed by atoms with Gasteiger partial charge < -0.3 is 5.73 Å². The number of halogens is 1. The Bertz CT molecular complexity index is 189. The molecule has 0 aromatic heterocycles. The topological polar surface area (TPSA) is 69.4 Å². The lowest BCUT2D eigenvalue weighted by Crippen LogP contribution is -2.30. The van der Waals surface area contributed by atoms with Crippen LogP contribution in [-0.4, -0.2) is 26.3 Å². The predicted molar refractivity (Wildman–Crippen MR) is 39.2 cm³/mol. The second-order valence-corrected chi connectivity index (χ2v) is 4.05. The third-order valence-corrected chi connectivity index (χ3v) is 1.78. The van der Waals surface area contributed by atoms with Crippen LogP contribution in [0.25, 0.3) is 0 Å². The van der Waals surface area contributed by atoms with Crippen molar-refractivity contribution in [3.05, 3.63) is 0 Å². The fourth-order valence-electron chi connectivity index (χ4n) is 0.329. The minimum Gasteiger partial charge on any atom is -0.313 e. The van der Waals surface area contributed by atoms with Crippen LogP contribution < -0.4 is 5.73 Å². The van der Waals surface area contributed by atoms with Crippen molar-refractivity contribution in [1.82, 2.24) is 0 Å². The summed E-state index contributed by atoms with van der Waals surface area (Å²) < 4.78 is 25.2. The first kappa shape index (κ1) is 10.2. The molecule has 0 heterocycles. The fourth-order valence-corrected chi connectivity index (χ4v) is 1.11. The number of hydrogen-bond donors (Lipinski definition) is 1. The molecule has 0 fully saturated rings. The van der Waals surface area contributed by atoms with E-state index in [4.69, 9.17) is 17.3 Å². The van der Waals surface area contributed by atoms with Crippen LogP contribution in [0.2, 0.25) is 0 Å². The Hall–Kier alpha value is 0.160. The largest absolute Gasteiger partial charge is 0.313 e. The van der Waals surface area contributed by atoms with Gasteiger partial charge in [0.1, 0.15) is 11.6 Å². The highest BCUT2D eigenvalue weighted by molar-refractivity contribution is 7.86. The molecule has 0 saturated heterocycles. The molecule has 0 aromatic rings. The van der Waals surface area contributed by atoms with Crippen molar-refractivity contribution in [2.24, 2.45) is 5.73 Å². The zero-order chi connectivity index (χ0) is 8.36. The summed E-state index contributed by atoms with van der Waals surface area (Å²) in [6.45, 7) is 1.48. The summed E-state index contributed by atoms with van der Waals surface area (Å²) in [5.41, 5.74) is 4.32. The van der Waals surface area contributed by atoms with Gasteiger partial charge in [-0.2, -0.15) is 8.42 Å².